The van der Waals surface area contributed by atoms with Crippen LogP contribution in [0.25, 0.3) is 0 Å². The van der Waals surface area contributed by atoms with E-state index in [4.69, 9.17) is 5.11 Å². The molecule has 0 aliphatic heterocycles. The molecule has 1 amide bonds. The topological polar surface area (TPSA) is 115 Å². The molecule has 8 heteroatoms. The minimum atomic E-state index is -1.37. The molecule has 14 heavy (non-hydrogen) atoms. The van der Waals surface area contributed by atoms with Crippen molar-refractivity contribution in [1.82, 2.24) is 10.3 Å². The lowest BCUT2D eigenvalue weighted by molar-refractivity contribution is 0.0515. The molecule has 0 saturated carbocycles. The highest BCUT2D eigenvalue weighted by Crippen LogP contribution is 2.10. The third kappa shape index (κ3) is 2.19. The summed E-state index contributed by atoms with van der Waals surface area (Å²) in [5.41, 5.74) is -0.297. The van der Waals surface area contributed by atoms with Gasteiger partial charge in [-0.15, -0.1) is 0 Å². The third-order valence-electron chi connectivity index (χ3n) is 1.18. The zero-order valence-corrected chi connectivity index (χ0v) is 7.18. The molecule has 2 N–H and O–H groups in total. The van der Waals surface area contributed by atoms with E-state index in [-0.39, 0.29) is 18.1 Å². The summed E-state index contributed by atoms with van der Waals surface area (Å²) in [4.78, 5) is 21.3. The lowest BCUT2D eigenvalue weighted by Crippen LogP contribution is -2.13. The standard InChI is InChI=1S/C6H7N3O5/c1-2-13-5(10)3-4(7-6(11)12)9-14-8-3/h2H2,1H3,(H,7,9)(H,11,12). The maximum absolute atomic E-state index is 11.1. The molecule has 8 nitrogen and oxygen atoms in total. The molecule has 0 bridgehead atoms. The first-order valence-electron chi connectivity index (χ1n) is 3.64. The summed E-state index contributed by atoms with van der Waals surface area (Å²) in [6.07, 6.45) is -1.37. The van der Waals surface area contributed by atoms with E-state index in [0.717, 1.165) is 0 Å². The minimum absolute atomic E-state index is 0.151. The maximum Gasteiger partial charge on any atom is 0.410 e. The summed E-state index contributed by atoms with van der Waals surface area (Å²) in [5, 5.41) is 16.6. The molecule has 1 rings (SSSR count). The molecular weight excluding hydrogens is 194 g/mol. The van der Waals surface area contributed by atoms with Gasteiger partial charge >= 0.3 is 12.1 Å². The van der Waals surface area contributed by atoms with E-state index in [1.807, 2.05) is 5.32 Å². The number of anilines is 1. The summed E-state index contributed by atoms with van der Waals surface area (Å²) in [5.74, 6) is -1.08. The van der Waals surface area contributed by atoms with Gasteiger partial charge in [-0.25, -0.2) is 14.2 Å². The van der Waals surface area contributed by atoms with Crippen molar-refractivity contribution >= 4 is 17.9 Å². The number of amides is 1. The average molecular weight is 201 g/mol. The van der Waals surface area contributed by atoms with E-state index in [1.165, 1.54) is 0 Å². The summed E-state index contributed by atoms with van der Waals surface area (Å²) >= 11 is 0. The van der Waals surface area contributed by atoms with E-state index in [1.54, 1.807) is 6.92 Å². The van der Waals surface area contributed by atoms with Gasteiger partial charge in [0.2, 0.25) is 11.5 Å². The Labute approximate surface area is 77.8 Å². The minimum Gasteiger partial charge on any atom is -0.465 e. The van der Waals surface area contributed by atoms with Gasteiger partial charge in [0.25, 0.3) is 0 Å². The second kappa shape index (κ2) is 4.21. The van der Waals surface area contributed by atoms with Gasteiger partial charge in [-0.2, -0.15) is 0 Å². The Hall–Kier alpha value is -2.12. The van der Waals surface area contributed by atoms with Crippen LogP contribution in [-0.2, 0) is 4.74 Å². The number of carbonyl (C=O) groups excluding carboxylic acids is 1. The number of nitrogens with one attached hydrogen (secondary N) is 1. The van der Waals surface area contributed by atoms with Gasteiger partial charge in [0.1, 0.15) is 0 Å². The van der Waals surface area contributed by atoms with Gasteiger partial charge in [-0.05, 0) is 17.2 Å². The van der Waals surface area contributed by atoms with Crippen LogP contribution in [0.15, 0.2) is 4.63 Å². The predicted molar refractivity (Wildman–Crippen MR) is 41.9 cm³/mol. The number of aromatic nitrogens is 2. The van der Waals surface area contributed by atoms with Crippen molar-refractivity contribution in [2.75, 3.05) is 11.9 Å². The fraction of sp³-hybridized carbons (Fsp3) is 0.333. The Morgan fingerprint density at radius 1 is 1.57 bits per heavy atom. The Morgan fingerprint density at radius 2 is 2.29 bits per heavy atom. The number of ether oxygens (including phenoxy) is 1. The molecule has 0 fully saturated rings. The second-order valence-electron chi connectivity index (χ2n) is 2.11. The highest BCUT2D eigenvalue weighted by molar-refractivity contribution is 5.95. The number of hydrogen-bond acceptors (Lipinski definition) is 6. The zero-order chi connectivity index (χ0) is 10.6. The van der Waals surface area contributed by atoms with Crippen molar-refractivity contribution in [2.24, 2.45) is 0 Å². The van der Waals surface area contributed by atoms with Crippen molar-refractivity contribution < 1.29 is 24.1 Å². The number of rotatable bonds is 3. The lowest BCUT2D eigenvalue weighted by Gasteiger charge is -1.98. The number of nitrogens with zero attached hydrogens (tertiary/aromatic N) is 2. The van der Waals surface area contributed by atoms with Gasteiger partial charge in [-0.3, -0.25) is 5.32 Å². The van der Waals surface area contributed by atoms with Crippen LogP contribution >= 0.6 is 0 Å². The molecule has 0 saturated heterocycles. The summed E-state index contributed by atoms with van der Waals surface area (Å²) in [6, 6.07) is 0. The first-order valence-corrected chi connectivity index (χ1v) is 3.64. The van der Waals surface area contributed by atoms with Gasteiger partial charge < -0.3 is 9.84 Å². The Kier molecular flexibility index (Phi) is 3.00. The van der Waals surface area contributed by atoms with Crippen LogP contribution in [0.2, 0.25) is 0 Å². The molecule has 0 atom stereocenters. The fourth-order valence-corrected chi connectivity index (χ4v) is 0.705. The molecule has 1 heterocycles. The predicted octanol–water partition coefficient (Wildman–Crippen LogP) is 0.336. The molecule has 0 unspecified atom stereocenters. The van der Waals surface area contributed by atoms with Gasteiger partial charge in [0.15, 0.2) is 0 Å². The smallest absolute Gasteiger partial charge is 0.410 e. The molecule has 76 valence electrons. The molecule has 1 aromatic heterocycles. The van der Waals surface area contributed by atoms with Crippen molar-refractivity contribution in [3.8, 4) is 0 Å². The molecule has 1 aromatic rings. The second-order valence-corrected chi connectivity index (χ2v) is 2.11. The highest BCUT2D eigenvalue weighted by Gasteiger charge is 2.20. The van der Waals surface area contributed by atoms with Gasteiger partial charge in [0, 0.05) is 0 Å². The number of esters is 1. The lowest BCUT2D eigenvalue weighted by atomic mass is 10.4. The van der Waals surface area contributed by atoms with E-state index in [0.29, 0.717) is 0 Å². The van der Waals surface area contributed by atoms with E-state index >= 15 is 0 Å². The van der Waals surface area contributed by atoms with Crippen LogP contribution in [0.4, 0.5) is 10.6 Å². The fourth-order valence-electron chi connectivity index (χ4n) is 0.705. The van der Waals surface area contributed by atoms with Gasteiger partial charge in [0.05, 0.1) is 6.61 Å². The largest absolute Gasteiger partial charge is 0.465 e. The number of hydrogen-bond donors (Lipinski definition) is 2. The molecule has 0 aliphatic carbocycles. The molecule has 0 aromatic carbocycles. The Morgan fingerprint density at radius 3 is 2.86 bits per heavy atom. The monoisotopic (exact) mass is 201 g/mol. The van der Waals surface area contributed by atoms with Gasteiger partial charge in [-0.1, -0.05) is 0 Å². The van der Waals surface area contributed by atoms with E-state index in [9.17, 15) is 9.59 Å². The van der Waals surface area contributed by atoms with Crippen LogP contribution < -0.4 is 5.32 Å². The van der Waals surface area contributed by atoms with Crippen LogP contribution in [0, 0.1) is 0 Å². The summed E-state index contributed by atoms with van der Waals surface area (Å²) in [6.45, 7) is 1.76. The van der Waals surface area contributed by atoms with Crippen LogP contribution in [0.3, 0.4) is 0 Å². The van der Waals surface area contributed by atoms with Crippen LogP contribution in [-0.4, -0.2) is 34.1 Å². The zero-order valence-electron chi connectivity index (χ0n) is 7.18. The normalized spacial score (nSPS) is 9.50. The van der Waals surface area contributed by atoms with Crippen molar-refractivity contribution in [1.29, 1.82) is 0 Å². The van der Waals surface area contributed by atoms with Crippen LogP contribution in [0.1, 0.15) is 17.4 Å². The number of carboxylic acid groups (broad SMARTS) is 1. The number of carbonyl (C=O) groups is 2. The molecule has 0 spiro atoms. The van der Waals surface area contributed by atoms with E-state index < -0.39 is 12.1 Å². The highest BCUT2D eigenvalue weighted by atomic mass is 16.6. The first-order chi connectivity index (χ1) is 6.65. The average Bonchev–Trinajstić information content (AvgIpc) is 2.51. The first kappa shape index (κ1) is 9.96. The molecular formula is C6H7N3O5. The molecule has 0 radical (unpaired) electrons. The van der Waals surface area contributed by atoms with E-state index in [2.05, 4.69) is 19.7 Å². The van der Waals surface area contributed by atoms with Crippen molar-refractivity contribution in [3.63, 3.8) is 0 Å². The Balaban J connectivity index is 2.81. The summed E-state index contributed by atoms with van der Waals surface area (Å²) < 4.78 is 8.76. The third-order valence-corrected chi connectivity index (χ3v) is 1.18. The molecule has 0 aliphatic rings. The summed E-state index contributed by atoms with van der Waals surface area (Å²) in [7, 11) is 0. The van der Waals surface area contributed by atoms with Crippen molar-refractivity contribution in [2.45, 2.75) is 6.92 Å². The van der Waals surface area contributed by atoms with Crippen LogP contribution in [0.5, 0.6) is 0 Å². The quantitative estimate of drug-likeness (QED) is 0.677. The maximum atomic E-state index is 11.1. The van der Waals surface area contributed by atoms with Crippen molar-refractivity contribution in [3.05, 3.63) is 5.69 Å². The Bertz CT molecular complexity index is 347. The SMILES string of the molecule is CCOC(=O)c1nonc1NC(=O)O.